The Hall–Kier alpha value is -2.66. The highest BCUT2D eigenvalue weighted by molar-refractivity contribution is 6.30. The number of para-hydroxylation sites is 1. The number of carbonyl (C=O) groups is 1. The molecule has 0 unspecified atom stereocenters. The predicted molar refractivity (Wildman–Crippen MR) is 103 cm³/mol. The van der Waals surface area contributed by atoms with Gasteiger partial charge in [0.25, 0.3) is 5.56 Å². The Bertz CT molecular complexity index is 984. The fraction of sp³-hybridized carbons (Fsp3) is 0.250. The summed E-state index contributed by atoms with van der Waals surface area (Å²) >= 11 is 6.01. The molecule has 5 nitrogen and oxygen atoms in total. The van der Waals surface area contributed by atoms with Crippen LogP contribution < -0.4 is 5.56 Å². The standard InChI is InChI=1S/C20H20ClN3O2/c1-2-23(13-15-6-5-7-16(21)12-15)19(25)10-11-24-14-22-18-9-4-3-8-17(18)20(24)26/h3-9,12,14H,2,10-11,13H2,1H3. The molecule has 1 amide bonds. The van der Waals surface area contributed by atoms with Crippen molar-refractivity contribution in [3.05, 3.63) is 75.8 Å². The maximum Gasteiger partial charge on any atom is 0.261 e. The Morgan fingerprint density at radius 1 is 1.19 bits per heavy atom. The molecule has 1 heterocycles. The lowest BCUT2D eigenvalue weighted by Crippen LogP contribution is -2.32. The van der Waals surface area contributed by atoms with E-state index in [1.54, 1.807) is 17.0 Å². The molecule has 0 aliphatic carbocycles. The first kappa shape index (κ1) is 18.1. The molecule has 0 saturated carbocycles. The van der Waals surface area contributed by atoms with E-state index in [-0.39, 0.29) is 17.9 Å². The van der Waals surface area contributed by atoms with Crippen LogP contribution in [0.1, 0.15) is 18.9 Å². The van der Waals surface area contributed by atoms with Gasteiger partial charge in [-0.15, -0.1) is 0 Å². The van der Waals surface area contributed by atoms with Crippen molar-refractivity contribution in [2.45, 2.75) is 26.4 Å². The number of halogens is 1. The first-order chi connectivity index (χ1) is 12.6. The number of fused-ring (bicyclic) bond motifs is 1. The second kappa shape index (κ2) is 8.15. The molecule has 3 aromatic rings. The van der Waals surface area contributed by atoms with Crippen LogP contribution in [0.15, 0.2) is 59.7 Å². The summed E-state index contributed by atoms with van der Waals surface area (Å²) < 4.78 is 1.49. The molecule has 0 spiro atoms. The Kier molecular flexibility index (Phi) is 5.68. The average Bonchev–Trinajstić information content (AvgIpc) is 2.65. The van der Waals surface area contributed by atoms with Crippen molar-refractivity contribution in [1.82, 2.24) is 14.5 Å². The van der Waals surface area contributed by atoms with Crippen LogP contribution in [0.2, 0.25) is 5.02 Å². The van der Waals surface area contributed by atoms with E-state index in [0.717, 1.165) is 5.56 Å². The Morgan fingerprint density at radius 3 is 2.77 bits per heavy atom. The van der Waals surface area contributed by atoms with Gasteiger partial charge >= 0.3 is 0 Å². The van der Waals surface area contributed by atoms with Crippen LogP contribution in [0.25, 0.3) is 10.9 Å². The Labute approximate surface area is 156 Å². The number of nitrogens with zero attached hydrogens (tertiary/aromatic N) is 3. The molecular formula is C20H20ClN3O2. The predicted octanol–water partition coefficient (Wildman–Crippen LogP) is 3.49. The summed E-state index contributed by atoms with van der Waals surface area (Å²) in [5, 5.41) is 1.22. The van der Waals surface area contributed by atoms with Crippen molar-refractivity contribution in [3.8, 4) is 0 Å². The number of benzene rings is 2. The second-order valence-electron chi connectivity index (χ2n) is 6.05. The van der Waals surface area contributed by atoms with Gasteiger partial charge in [-0.05, 0) is 36.8 Å². The van der Waals surface area contributed by atoms with Crippen LogP contribution in [0.5, 0.6) is 0 Å². The monoisotopic (exact) mass is 369 g/mol. The number of hydrogen-bond acceptors (Lipinski definition) is 3. The molecule has 6 heteroatoms. The van der Waals surface area contributed by atoms with Gasteiger partial charge in [0.2, 0.25) is 5.91 Å². The number of aromatic nitrogens is 2. The van der Waals surface area contributed by atoms with Gasteiger partial charge in [-0.25, -0.2) is 4.98 Å². The zero-order chi connectivity index (χ0) is 18.5. The summed E-state index contributed by atoms with van der Waals surface area (Å²) in [6.07, 6.45) is 1.75. The summed E-state index contributed by atoms with van der Waals surface area (Å²) in [6, 6.07) is 14.7. The van der Waals surface area contributed by atoms with Gasteiger partial charge in [0.1, 0.15) is 0 Å². The smallest absolute Gasteiger partial charge is 0.261 e. The maximum atomic E-state index is 12.6. The molecule has 2 aromatic carbocycles. The molecule has 26 heavy (non-hydrogen) atoms. The molecular weight excluding hydrogens is 350 g/mol. The van der Waals surface area contributed by atoms with Crippen LogP contribution in [0.3, 0.4) is 0 Å². The summed E-state index contributed by atoms with van der Waals surface area (Å²) in [6.45, 7) is 3.34. The molecule has 0 atom stereocenters. The van der Waals surface area contributed by atoms with E-state index in [9.17, 15) is 9.59 Å². The van der Waals surface area contributed by atoms with Crippen LogP contribution in [-0.4, -0.2) is 26.9 Å². The van der Waals surface area contributed by atoms with Gasteiger partial charge in [-0.3, -0.25) is 14.2 Å². The van der Waals surface area contributed by atoms with E-state index in [0.29, 0.717) is 35.6 Å². The second-order valence-corrected chi connectivity index (χ2v) is 6.48. The van der Waals surface area contributed by atoms with Crippen molar-refractivity contribution in [3.63, 3.8) is 0 Å². The summed E-state index contributed by atoms with van der Waals surface area (Å²) in [4.78, 5) is 31.1. The summed E-state index contributed by atoms with van der Waals surface area (Å²) in [5.41, 5.74) is 1.52. The van der Waals surface area contributed by atoms with Crippen molar-refractivity contribution >= 4 is 28.4 Å². The largest absolute Gasteiger partial charge is 0.339 e. The van der Waals surface area contributed by atoms with Gasteiger partial charge in [0.15, 0.2) is 0 Å². The van der Waals surface area contributed by atoms with E-state index in [1.165, 1.54) is 10.9 Å². The first-order valence-electron chi connectivity index (χ1n) is 8.55. The normalized spacial score (nSPS) is 10.8. The molecule has 3 rings (SSSR count). The average molecular weight is 370 g/mol. The van der Waals surface area contributed by atoms with Crippen molar-refractivity contribution in [2.75, 3.05) is 6.54 Å². The SMILES string of the molecule is CCN(Cc1cccc(Cl)c1)C(=O)CCn1cnc2ccccc2c1=O. The number of rotatable bonds is 6. The molecule has 0 bridgehead atoms. The van der Waals surface area contributed by atoms with Gasteiger partial charge < -0.3 is 4.90 Å². The van der Waals surface area contributed by atoms with E-state index in [4.69, 9.17) is 11.6 Å². The topological polar surface area (TPSA) is 55.2 Å². The van der Waals surface area contributed by atoms with Gasteiger partial charge in [-0.1, -0.05) is 35.9 Å². The van der Waals surface area contributed by atoms with Crippen molar-refractivity contribution < 1.29 is 4.79 Å². The minimum absolute atomic E-state index is 0.00691. The van der Waals surface area contributed by atoms with Crippen molar-refractivity contribution in [1.29, 1.82) is 0 Å². The van der Waals surface area contributed by atoms with E-state index >= 15 is 0 Å². The van der Waals surface area contributed by atoms with Crippen LogP contribution in [-0.2, 0) is 17.9 Å². The van der Waals surface area contributed by atoms with E-state index in [1.807, 2.05) is 43.3 Å². The first-order valence-corrected chi connectivity index (χ1v) is 8.92. The zero-order valence-electron chi connectivity index (χ0n) is 14.6. The Balaban J connectivity index is 1.69. The third-order valence-corrected chi connectivity index (χ3v) is 4.53. The molecule has 0 saturated heterocycles. The fourth-order valence-corrected chi connectivity index (χ4v) is 3.08. The molecule has 0 fully saturated rings. The van der Waals surface area contributed by atoms with Crippen molar-refractivity contribution in [2.24, 2.45) is 0 Å². The number of amides is 1. The number of aryl methyl sites for hydroxylation is 1. The highest BCUT2D eigenvalue weighted by Crippen LogP contribution is 2.13. The molecule has 134 valence electrons. The quantitative estimate of drug-likeness (QED) is 0.668. The highest BCUT2D eigenvalue weighted by atomic mass is 35.5. The lowest BCUT2D eigenvalue weighted by molar-refractivity contribution is -0.131. The maximum absolute atomic E-state index is 12.6. The molecule has 0 aliphatic rings. The van der Waals surface area contributed by atoms with Gasteiger partial charge in [0.05, 0.1) is 17.2 Å². The van der Waals surface area contributed by atoms with E-state index in [2.05, 4.69) is 4.98 Å². The summed E-state index contributed by atoms with van der Waals surface area (Å²) in [7, 11) is 0. The van der Waals surface area contributed by atoms with Crippen LogP contribution in [0, 0.1) is 0 Å². The minimum atomic E-state index is -0.124. The molecule has 1 aromatic heterocycles. The van der Waals surface area contributed by atoms with Crippen LogP contribution >= 0.6 is 11.6 Å². The zero-order valence-corrected chi connectivity index (χ0v) is 15.3. The fourth-order valence-electron chi connectivity index (χ4n) is 2.87. The lowest BCUT2D eigenvalue weighted by Gasteiger charge is -2.21. The summed E-state index contributed by atoms with van der Waals surface area (Å²) in [5.74, 6) is -0.00691. The molecule has 0 N–H and O–H groups in total. The lowest BCUT2D eigenvalue weighted by atomic mass is 10.2. The molecule has 0 aliphatic heterocycles. The Morgan fingerprint density at radius 2 is 2.00 bits per heavy atom. The minimum Gasteiger partial charge on any atom is -0.339 e. The third kappa shape index (κ3) is 4.11. The van der Waals surface area contributed by atoms with Gasteiger partial charge in [-0.2, -0.15) is 0 Å². The molecule has 0 radical (unpaired) electrons. The van der Waals surface area contributed by atoms with E-state index < -0.39 is 0 Å². The highest BCUT2D eigenvalue weighted by Gasteiger charge is 2.13. The van der Waals surface area contributed by atoms with Crippen LogP contribution in [0.4, 0.5) is 0 Å². The third-order valence-electron chi connectivity index (χ3n) is 4.29. The van der Waals surface area contributed by atoms with Gasteiger partial charge in [0, 0.05) is 31.1 Å². The number of carbonyl (C=O) groups excluding carboxylic acids is 1. The number of hydrogen-bond donors (Lipinski definition) is 0.